The predicted molar refractivity (Wildman–Crippen MR) is 132 cm³/mol. The lowest BCUT2D eigenvalue weighted by Crippen LogP contribution is -1.96. The van der Waals surface area contributed by atoms with Crippen LogP contribution >= 0.6 is 15.9 Å². The molecule has 5 rings (SSSR count). The summed E-state index contributed by atoms with van der Waals surface area (Å²) in [5, 5.41) is 2.62. The number of benzene rings is 5. The van der Waals surface area contributed by atoms with E-state index < -0.39 is 0 Å². The van der Waals surface area contributed by atoms with E-state index in [0.29, 0.717) is 0 Å². The minimum Gasteiger partial charge on any atom is -0.0622 e. The highest BCUT2D eigenvalue weighted by molar-refractivity contribution is 9.10. The van der Waals surface area contributed by atoms with Gasteiger partial charge in [0.1, 0.15) is 0 Å². The lowest BCUT2D eigenvalue weighted by Gasteiger charge is -2.18. The first kappa shape index (κ1) is 18.8. The molecule has 0 aliphatic carbocycles. The second-order valence-corrected chi connectivity index (χ2v) is 8.45. The summed E-state index contributed by atoms with van der Waals surface area (Å²) >= 11 is 3.58. The lowest BCUT2D eigenvalue weighted by atomic mass is 9.86. The summed E-state index contributed by atoms with van der Waals surface area (Å²) in [5.41, 5.74) is 7.77. The fourth-order valence-electron chi connectivity index (χ4n) is 4.17. The highest BCUT2D eigenvalue weighted by Gasteiger charge is 2.15. The van der Waals surface area contributed by atoms with Crippen molar-refractivity contribution in [2.75, 3.05) is 0 Å². The maximum atomic E-state index is 3.58. The van der Waals surface area contributed by atoms with Gasteiger partial charge in [-0.1, -0.05) is 113 Å². The average Bonchev–Trinajstić information content (AvgIpc) is 2.81. The molecule has 30 heavy (non-hydrogen) atoms. The molecule has 0 saturated heterocycles. The van der Waals surface area contributed by atoms with Crippen molar-refractivity contribution in [1.29, 1.82) is 0 Å². The van der Waals surface area contributed by atoms with Crippen LogP contribution in [-0.2, 0) is 6.42 Å². The van der Waals surface area contributed by atoms with Gasteiger partial charge in [0.15, 0.2) is 0 Å². The van der Waals surface area contributed by atoms with Gasteiger partial charge in [0.05, 0.1) is 0 Å². The molecular formula is C29H21Br. The standard InChI is InChI=1S/C29H21Br/c30-24-17-15-23(16-18-24)28-20-27(22-11-5-2-6-12-22)25-13-7-8-14-26(25)29(28)19-21-9-3-1-4-10-21/h1-18,20H,19H2. The van der Waals surface area contributed by atoms with Crippen molar-refractivity contribution in [3.8, 4) is 22.3 Å². The Kier molecular flexibility index (Phi) is 5.21. The summed E-state index contributed by atoms with van der Waals surface area (Å²) in [4.78, 5) is 0. The summed E-state index contributed by atoms with van der Waals surface area (Å²) in [6.07, 6.45) is 0.905. The molecule has 0 spiro atoms. The third kappa shape index (κ3) is 3.69. The highest BCUT2D eigenvalue weighted by atomic mass is 79.9. The molecule has 0 N–H and O–H groups in total. The van der Waals surface area contributed by atoms with E-state index in [2.05, 4.69) is 131 Å². The zero-order valence-electron chi connectivity index (χ0n) is 16.6. The van der Waals surface area contributed by atoms with Crippen LogP contribution < -0.4 is 0 Å². The molecule has 5 aromatic rings. The minimum absolute atomic E-state index is 0.905. The van der Waals surface area contributed by atoms with Crippen LogP contribution in [0.15, 0.2) is 120 Å². The van der Waals surface area contributed by atoms with E-state index >= 15 is 0 Å². The largest absolute Gasteiger partial charge is 0.0622 e. The molecule has 0 aromatic heterocycles. The Bertz CT molecular complexity index is 1290. The highest BCUT2D eigenvalue weighted by Crippen LogP contribution is 2.39. The van der Waals surface area contributed by atoms with Crippen LogP contribution in [0.5, 0.6) is 0 Å². The number of halogens is 1. The Hall–Kier alpha value is -3.16. The van der Waals surface area contributed by atoms with Gasteiger partial charge in [0, 0.05) is 4.47 Å². The average molecular weight is 449 g/mol. The third-order valence-corrected chi connectivity index (χ3v) is 6.15. The first-order chi connectivity index (χ1) is 14.8. The normalized spacial score (nSPS) is 11.0. The third-order valence-electron chi connectivity index (χ3n) is 5.62. The molecule has 0 heterocycles. The molecule has 0 nitrogen and oxygen atoms in total. The summed E-state index contributed by atoms with van der Waals surface area (Å²) in [5.74, 6) is 0. The van der Waals surface area contributed by atoms with E-state index in [1.165, 1.54) is 44.2 Å². The van der Waals surface area contributed by atoms with Gasteiger partial charge in [-0.05, 0) is 68.8 Å². The van der Waals surface area contributed by atoms with Crippen molar-refractivity contribution in [1.82, 2.24) is 0 Å². The van der Waals surface area contributed by atoms with Crippen molar-refractivity contribution in [2.24, 2.45) is 0 Å². The molecule has 1 heteroatoms. The quantitative estimate of drug-likeness (QED) is 0.258. The predicted octanol–water partition coefficient (Wildman–Crippen LogP) is 8.53. The molecule has 0 bridgehead atoms. The smallest absolute Gasteiger partial charge is 0.0175 e. The number of hydrogen-bond donors (Lipinski definition) is 0. The number of fused-ring (bicyclic) bond motifs is 1. The molecule has 0 saturated carbocycles. The van der Waals surface area contributed by atoms with Crippen molar-refractivity contribution < 1.29 is 0 Å². The van der Waals surface area contributed by atoms with E-state index in [-0.39, 0.29) is 0 Å². The molecule has 0 amide bonds. The second kappa shape index (κ2) is 8.30. The molecule has 5 aromatic carbocycles. The maximum Gasteiger partial charge on any atom is 0.0175 e. The second-order valence-electron chi connectivity index (χ2n) is 7.53. The Morgan fingerprint density at radius 1 is 0.500 bits per heavy atom. The fraction of sp³-hybridized carbons (Fsp3) is 0.0345. The van der Waals surface area contributed by atoms with E-state index in [1.807, 2.05) is 0 Å². The number of rotatable bonds is 4. The maximum absolute atomic E-state index is 3.58. The van der Waals surface area contributed by atoms with Crippen LogP contribution in [0, 0.1) is 0 Å². The van der Waals surface area contributed by atoms with E-state index in [4.69, 9.17) is 0 Å². The van der Waals surface area contributed by atoms with Crippen molar-refractivity contribution >= 4 is 26.7 Å². The van der Waals surface area contributed by atoms with Gasteiger partial charge in [0.25, 0.3) is 0 Å². The van der Waals surface area contributed by atoms with Crippen LogP contribution in [0.4, 0.5) is 0 Å². The van der Waals surface area contributed by atoms with Gasteiger partial charge in [-0.3, -0.25) is 0 Å². The Labute approximate surface area is 186 Å². The van der Waals surface area contributed by atoms with Crippen LogP contribution in [0.1, 0.15) is 11.1 Å². The molecule has 0 aliphatic rings. The summed E-state index contributed by atoms with van der Waals surface area (Å²) < 4.78 is 1.10. The molecule has 0 atom stereocenters. The zero-order chi connectivity index (χ0) is 20.3. The molecule has 0 fully saturated rings. The molecule has 144 valence electrons. The summed E-state index contributed by atoms with van der Waals surface area (Å²) in [6, 6.07) is 41.3. The van der Waals surface area contributed by atoms with Crippen LogP contribution in [0.2, 0.25) is 0 Å². The van der Waals surface area contributed by atoms with E-state index in [1.54, 1.807) is 0 Å². The molecule has 0 aliphatic heterocycles. The lowest BCUT2D eigenvalue weighted by molar-refractivity contribution is 1.21. The SMILES string of the molecule is Brc1ccc(-c2cc(-c3ccccc3)c3ccccc3c2Cc2ccccc2)cc1. The first-order valence-electron chi connectivity index (χ1n) is 10.2. The minimum atomic E-state index is 0.905. The monoisotopic (exact) mass is 448 g/mol. The molecule has 0 radical (unpaired) electrons. The van der Waals surface area contributed by atoms with Gasteiger partial charge < -0.3 is 0 Å². The first-order valence-corrected chi connectivity index (χ1v) is 11.0. The zero-order valence-corrected chi connectivity index (χ0v) is 18.1. The van der Waals surface area contributed by atoms with Gasteiger partial charge in [-0.15, -0.1) is 0 Å². The summed E-state index contributed by atoms with van der Waals surface area (Å²) in [7, 11) is 0. The van der Waals surface area contributed by atoms with Crippen LogP contribution in [-0.4, -0.2) is 0 Å². The van der Waals surface area contributed by atoms with Gasteiger partial charge in [-0.25, -0.2) is 0 Å². The number of hydrogen-bond acceptors (Lipinski definition) is 0. The topological polar surface area (TPSA) is 0 Å². The molecule has 0 unspecified atom stereocenters. The fourth-order valence-corrected chi connectivity index (χ4v) is 4.43. The Balaban J connectivity index is 1.82. The van der Waals surface area contributed by atoms with E-state index in [9.17, 15) is 0 Å². The Morgan fingerprint density at radius 2 is 1.07 bits per heavy atom. The molecular weight excluding hydrogens is 428 g/mol. The summed E-state index contributed by atoms with van der Waals surface area (Å²) in [6.45, 7) is 0. The van der Waals surface area contributed by atoms with Crippen LogP contribution in [0.25, 0.3) is 33.0 Å². The van der Waals surface area contributed by atoms with Crippen LogP contribution in [0.3, 0.4) is 0 Å². The van der Waals surface area contributed by atoms with Crippen molar-refractivity contribution in [2.45, 2.75) is 6.42 Å². The van der Waals surface area contributed by atoms with Crippen molar-refractivity contribution in [3.05, 3.63) is 131 Å². The van der Waals surface area contributed by atoms with E-state index in [0.717, 1.165) is 10.9 Å². The van der Waals surface area contributed by atoms with Gasteiger partial charge in [0.2, 0.25) is 0 Å². The van der Waals surface area contributed by atoms with Gasteiger partial charge >= 0.3 is 0 Å². The Morgan fingerprint density at radius 3 is 1.77 bits per heavy atom. The van der Waals surface area contributed by atoms with Gasteiger partial charge in [-0.2, -0.15) is 0 Å². The van der Waals surface area contributed by atoms with Crippen molar-refractivity contribution in [3.63, 3.8) is 0 Å².